The SMILES string of the molecule is COCCOC(=O)C1=C(C)N(C)C(=S)NC1c1ccc(NC(=O)COCc2ccccc2)cc1. The fourth-order valence-corrected chi connectivity index (χ4v) is 3.69. The Balaban J connectivity index is 1.64. The monoisotopic (exact) mass is 483 g/mol. The molecule has 34 heavy (non-hydrogen) atoms. The Morgan fingerprint density at radius 2 is 1.79 bits per heavy atom. The third-order valence-electron chi connectivity index (χ3n) is 5.37. The minimum atomic E-state index is -0.474. The summed E-state index contributed by atoms with van der Waals surface area (Å²) in [5.74, 6) is -0.685. The molecule has 3 rings (SSSR count). The minimum absolute atomic E-state index is 0.0547. The molecular formula is C25H29N3O5S. The molecule has 1 aliphatic heterocycles. The number of ether oxygens (including phenoxy) is 3. The largest absolute Gasteiger partial charge is 0.460 e. The molecule has 1 heterocycles. The first kappa shape index (κ1) is 25.4. The molecule has 2 N–H and O–H groups in total. The zero-order valence-electron chi connectivity index (χ0n) is 19.5. The Morgan fingerprint density at radius 1 is 1.09 bits per heavy atom. The van der Waals surface area contributed by atoms with Crippen LogP contribution < -0.4 is 10.6 Å². The number of methoxy groups -OCH3 is 1. The second-order valence-corrected chi connectivity index (χ2v) is 8.10. The van der Waals surface area contributed by atoms with Crippen LogP contribution in [-0.4, -0.2) is 55.9 Å². The molecule has 9 heteroatoms. The smallest absolute Gasteiger partial charge is 0.338 e. The molecule has 1 unspecified atom stereocenters. The van der Waals surface area contributed by atoms with E-state index in [4.69, 9.17) is 26.4 Å². The van der Waals surface area contributed by atoms with Gasteiger partial charge in [-0.1, -0.05) is 42.5 Å². The summed E-state index contributed by atoms with van der Waals surface area (Å²) in [5.41, 5.74) is 3.62. The number of esters is 1. The Morgan fingerprint density at radius 3 is 2.47 bits per heavy atom. The third-order valence-corrected chi connectivity index (χ3v) is 5.76. The fourth-order valence-electron chi connectivity index (χ4n) is 3.44. The Bertz CT molecular complexity index is 1040. The van der Waals surface area contributed by atoms with Gasteiger partial charge in [0.1, 0.15) is 13.2 Å². The van der Waals surface area contributed by atoms with Crippen molar-refractivity contribution in [3.8, 4) is 0 Å². The van der Waals surface area contributed by atoms with Gasteiger partial charge in [-0.3, -0.25) is 4.79 Å². The lowest BCUT2D eigenvalue weighted by Crippen LogP contribution is -2.46. The highest BCUT2D eigenvalue weighted by Crippen LogP contribution is 2.31. The van der Waals surface area contributed by atoms with E-state index in [1.165, 1.54) is 0 Å². The first-order valence-corrected chi connectivity index (χ1v) is 11.2. The van der Waals surface area contributed by atoms with Crippen molar-refractivity contribution in [3.63, 3.8) is 0 Å². The van der Waals surface area contributed by atoms with Gasteiger partial charge in [0.15, 0.2) is 5.11 Å². The van der Waals surface area contributed by atoms with E-state index in [0.717, 1.165) is 11.1 Å². The molecule has 0 radical (unpaired) electrons. The number of thiocarbonyl (C=S) groups is 1. The normalized spacial score (nSPS) is 15.7. The van der Waals surface area contributed by atoms with E-state index in [0.29, 0.717) is 35.3 Å². The van der Waals surface area contributed by atoms with Crippen LogP contribution in [0.2, 0.25) is 0 Å². The number of carbonyl (C=O) groups excluding carboxylic acids is 2. The van der Waals surface area contributed by atoms with Crippen molar-refractivity contribution >= 4 is 34.9 Å². The fraction of sp³-hybridized carbons (Fsp3) is 0.320. The summed E-state index contributed by atoms with van der Waals surface area (Å²) in [6.07, 6.45) is 0. The molecule has 8 nitrogen and oxygen atoms in total. The standard InChI is InChI=1S/C25H29N3O5S/c1-17-22(24(30)33-14-13-31-3)23(27-25(34)28(17)2)19-9-11-20(12-10-19)26-21(29)16-32-15-18-7-5-4-6-8-18/h4-12,23H,13-16H2,1-3H3,(H,26,29)(H,27,34). The molecular weight excluding hydrogens is 454 g/mol. The number of carbonyl (C=O) groups is 2. The van der Waals surface area contributed by atoms with Crippen LogP contribution in [0.4, 0.5) is 5.69 Å². The Labute approximate surface area is 204 Å². The molecule has 180 valence electrons. The maximum absolute atomic E-state index is 12.8. The predicted octanol–water partition coefficient (Wildman–Crippen LogP) is 3.17. The summed E-state index contributed by atoms with van der Waals surface area (Å²) in [6.45, 7) is 2.61. The van der Waals surface area contributed by atoms with E-state index in [2.05, 4.69) is 10.6 Å². The second-order valence-electron chi connectivity index (χ2n) is 7.72. The van der Waals surface area contributed by atoms with Gasteiger partial charge in [-0.15, -0.1) is 0 Å². The number of allylic oxidation sites excluding steroid dienone is 1. The quantitative estimate of drug-likeness (QED) is 0.303. The summed E-state index contributed by atoms with van der Waals surface area (Å²) in [7, 11) is 3.34. The van der Waals surface area contributed by atoms with Crippen LogP contribution in [-0.2, 0) is 30.4 Å². The van der Waals surface area contributed by atoms with E-state index in [9.17, 15) is 9.59 Å². The minimum Gasteiger partial charge on any atom is -0.460 e. The number of rotatable bonds is 10. The van der Waals surface area contributed by atoms with Gasteiger partial charge in [0.05, 0.1) is 24.8 Å². The van der Waals surface area contributed by atoms with Crippen molar-refractivity contribution in [2.75, 3.05) is 39.3 Å². The number of benzene rings is 2. The molecule has 0 aromatic heterocycles. The predicted molar refractivity (Wildman–Crippen MR) is 133 cm³/mol. The van der Waals surface area contributed by atoms with Crippen LogP contribution in [0.25, 0.3) is 0 Å². The third kappa shape index (κ3) is 6.63. The number of nitrogens with one attached hydrogen (secondary N) is 2. The number of hydrogen-bond donors (Lipinski definition) is 2. The van der Waals surface area contributed by atoms with E-state index >= 15 is 0 Å². The van der Waals surface area contributed by atoms with Crippen molar-refractivity contribution in [3.05, 3.63) is 77.0 Å². The molecule has 0 aliphatic carbocycles. The molecule has 2 aromatic carbocycles. The van der Waals surface area contributed by atoms with E-state index < -0.39 is 12.0 Å². The highest BCUT2D eigenvalue weighted by atomic mass is 32.1. The van der Waals surface area contributed by atoms with Crippen molar-refractivity contribution in [2.24, 2.45) is 0 Å². The van der Waals surface area contributed by atoms with Gasteiger partial charge >= 0.3 is 5.97 Å². The lowest BCUT2D eigenvalue weighted by molar-refractivity contribution is -0.140. The first-order chi connectivity index (χ1) is 16.4. The van der Waals surface area contributed by atoms with Crippen molar-refractivity contribution in [2.45, 2.75) is 19.6 Å². The molecule has 1 atom stereocenters. The highest BCUT2D eigenvalue weighted by Gasteiger charge is 2.33. The zero-order valence-corrected chi connectivity index (χ0v) is 20.3. The highest BCUT2D eigenvalue weighted by molar-refractivity contribution is 7.80. The average Bonchev–Trinajstić information content (AvgIpc) is 2.83. The molecule has 0 saturated heterocycles. The second kappa shape index (κ2) is 12.3. The van der Waals surface area contributed by atoms with Crippen LogP contribution in [0.5, 0.6) is 0 Å². The first-order valence-electron chi connectivity index (χ1n) is 10.8. The lowest BCUT2D eigenvalue weighted by Gasteiger charge is -2.35. The number of hydrogen-bond acceptors (Lipinski definition) is 6. The maximum Gasteiger partial charge on any atom is 0.338 e. The average molecular weight is 484 g/mol. The molecule has 1 aliphatic rings. The van der Waals surface area contributed by atoms with Gasteiger partial charge < -0.3 is 29.7 Å². The molecule has 1 amide bonds. The van der Waals surface area contributed by atoms with Crippen LogP contribution in [0.1, 0.15) is 24.1 Å². The van der Waals surface area contributed by atoms with E-state index in [1.807, 2.05) is 49.4 Å². The van der Waals surface area contributed by atoms with Crippen molar-refractivity contribution < 1.29 is 23.8 Å². The van der Waals surface area contributed by atoms with Crippen LogP contribution in [0.3, 0.4) is 0 Å². The maximum atomic E-state index is 12.8. The Hall–Kier alpha value is -3.27. The van der Waals surface area contributed by atoms with Crippen LogP contribution in [0.15, 0.2) is 65.9 Å². The van der Waals surface area contributed by atoms with Gasteiger partial charge in [0, 0.05) is 25.5 Å². The molecule has 0 fully saturated rings. The lowest BCUT2D eigenvalue weighted by atomic mass is 9.95. The topological polar surface area (TPSA) is 89.1 Å². The van der Waals surface area contributed by atoms with Crippen LogP contribution >= 0.6 is 12.2 Å². The number of nitrogens with zero attached hydrogens (tertiary/aromatic N) is 1. The number of amides is 1. The van der Waals surface area contributed by atoms with E-state index in [1.54, 1.807) is 31.2 Å². The van der Waals surface area contributed by atoms with Gasteiger partial charge in [-0.2, -0.15) is 0 Å². The van der Waals surface area contributed by atoms with Gasteiger partial charge in [0.2, 0.25) is 5.91 Å². The molecule has 0 bridgehead atoms. The molecule has 2 aromatic rings. The van der Waals surface area contributed by atoms with Crippen LogP contribution in [0, 0.1) is 0 Å². The van der Waals surface area contributed by atoms with Gasteiger partial charge in [0.25, 0.3) is 0 Å². The van der Waals surface area contributed by atoms with Crippen molar-refractivity contribution in [1.29, 1.82) is 0 Å². The summed E-state index contributed by atoms with van der Waals surface area (Å²) < 4.78 is 15.8. The molecule has 0 saturated carbocycles. The van der Waals surface area contributed by atoms with Crippen molar-refractivity contribution in [1.82, 2.24) is 10.2 Å². The van der Waals surface area contributed by atoms with E-state index in [-0.39, 0.29) is 19.1 Å². The Kier molecular flexibility index (Phi) is 9.15. The number of anilines is 1. The summed E-state index contributed by atoms with van der Waals surface area (Å²) >= 11 is 5.42. The van der Waals surface area contributed by atoms with Gasteiger partial charge in [-0.25, -0.2) is 4.79 Å². The zero-order chi connectivity index (χ0) is 24.5. The van der Waals surface area contributed by atoms with Gasteiger partial charge in [-0.05, 0) is 42.4 Å². The summed E-state index contributed by atoms with van der Waals surface area (Å²) in [4.78, 5) is 26.8. The summed E-state index contributed by atoms with van der Waals surface area (Å²) in [6, 6.07) is 16.4. The molecule has 0 spiro atoms. The summed E-state index contributed by atoms with van der Waals surface area (Å²) in [5, 5.41) is 6.52.